The smallest absolute Gasteiger partial charge is 0.135 e. The summed E-state index contributed by atoms with van der Waals surface area (Å²) in [4.78, 5) is 11.1. The molecule has 0 aliphatic carbocycles. The van der Waals surface area contributed by atoms with Gasteiger partial charge in [-0.2, -0.15) is 0 Å². The van der Waals surface area contributed by atoms with Crippen molar-refractivity contribution in [2.75, 3.05) is 30.4 Å². The number of anilines is 2. The van der Waals surface area contributed by atoms with Gasteiger partial charge in [-0.3, -0.25) is 0 Å². The SMILES string of the molecule is CC(C)c1nc(N)cc(N2CCOCC2C)n1. The zero-order valence-corrected chi connectivity index (χ0v) is 10.7. The molecule has 1 aliphatic rings. The van der Waals surface area contributed by atoms with Crippen LogP contribution in [0.25, 0.3) is 0 Å². The highest BCUT2D eigenvalue weighted by atomic mass is 16.5. The number of nitrogens with two attached hydrogens (primary N) is 1. The molecule has 0 spiro atoms. The quantitative estimate of drug-likeness (QED) is 0.841. The van der Waals surface area contributed by atoms with Gasteiger partial charge in [-0.25, -0.2) is 9.97 Å². The van der Waals surface area contributed by atoms with Crippen molar-refractivity contribution in [3.05, 3.63) is 11.9 Å². The normalized spacial score (nSPS) is 20.9. The summed E-state index contributed by atoms with van der Waals surface area (Å²) in [5.74, 6) is 2.54. The Morgan fingerprint density at radius 1 is 1.47 bits per heavy atom. The van der Waals surface area contributed by atoms with E-state index in [0.29, 0.717) is 11.9 Å². The fraction of sp³-hybridized carbons (Fsp3) is 0.667. The largest absolute Gasteiger partial charge is 0.384 e. The molecule has 1 aromatic rings. The monoisotopic (exact) mass is 236 g/mol. The predicted molar refractivity (Wildman–Crippen MR) is 68.2 cm³/mol. The van der Waals surface area contributed by atoms with Gasteiger partial charge in [-0.05, 0) is 6.92 Å². The maximum absolute atomic E-state index is 5.84. The fourth-order valence-electron chi connectivity index (χ4n) is 1.94. The second-order valence-electron chi connectivity index (χ2n) is 4.78. The molecule has 0 saturated carbocycles. The van der Waals surface area contributed by atoms with E-state index in [1.165, 1.54) is 0 Å². The first-order chi connectivity index (χ1) is 8.08. The summed E-state index contributed by atoms with van der Waals surface area (Å²) in [7, 11) is 0. The molecule has 94 valence electrons. The third-order valence-corrected chi connectivity index (χ3v) is 2.93. The number of ether oxygens (including phenoxy) is 1. The number of aromatic nitrogens is 2. The maximum atomic E-state index is 5.84. The van der Waals surface area contributed by atoms with Gasteiger partial charge in [0.15, 0.2) is 0 Å². The first-order valence-corrected chi connectivity index (χ1v) is 6.06. The molecule has 2 heterocycles. The lowest BCUT2D eigenvalue weighted by Gasteiger charge is -2.34. The average Bonchev–Trinajstić information content (AvgIpc) is 2.28. The highest BCUT2D eigenvalue weighted by Gasteiger charge is 2.21. The van der Waals surface area contributed by atoms with Gasteiger partial charge in [-0.15, -0.1) is 0 Å². The minimum absolute atomic E-state index is 0.286. The van der Waals surface area contributed by atoms with E-state index in [9.17, 15) is 0 Å². The summed E-state index contributed by atoms with van der Waals surface area (Å²) < 4.78 is 5.43. The van der Waals surface area contributed by atoms with Crippen molar-refractivity contribution >= 4 is 11.6 Å². The van der Waals surface area contributed by atoms with E-state index in [1.54, 1.807) is 0 Å². The summed E-state index contributed by atoms with van der Waals surface area (Å²) in [6.45, 7) is 8.61. The van der Waals surface area contributed by atoms with E-state index in [0.717, 1.165) is 31.4 Å². The number of rotatable bonds is 2. The lowest BCUT2D eigenvalue weighted by Crippen LogP contribution is -2.44. The molecule has 1 aliphatic heterocycles. The van der Waals surface area contributed by atoms with Crippen molar-refractivity contribution in [3.63, 3.8) is 0 Å². The van der Waals surface area contributed by atoms with E-state index < -0.39 is 0 Å². The Morgan fingerprint density at radius 3 is 2.88 bits per heavy atom. The minimum Gasteiger partial charge on any atom is -0.384 e. The second kappa shape index (κ2) is 4.87. The Balaban J connectivity index is 2.30. The Bertz CT molecular complexity index is 394. The van der Waals surface area contributed by atoms with Gasteiger partial charge < -0.3 is 15.4 Å². The summed E-state index contributed by atoms with van der Waals surface area (Å²) in [5.41, 5.74) is 5.84. The van der Waals surface area contributed by atoms with Gasteiger partial charge >= 0.3 is 0 Å². The van der Waals surface area contributed by atoms with Crippen LogP contribution in [0.5, 0.6) is 0 Å². The van der Waals surface area contributed by atoms with Gasteiger partial charge in [0.2, 0.25) is 0 Å². The summed E-state index contributed by atoms with van der Waals surface area (Å²) in [6.07, 6.45) is 0. The molecule has 5 heteroatoms. The van der Waals surface area contributed by atoms with E-state index in [-0.39, 0.29) is 5.92 Å². The number of hydrogen-bond acceptors (Lipinski definition) is 5. The lowest BCUT2D eigenvalue weighted by molar-refractivity contribution is 0.0985. The molecule has 2 rings (SSSR count). The standard InChI is InChI=1S/C12H20N4O/c1-8(2)12-14-10(13)6-11(15-12)16-4-5-17-7-9(16)3/h6,8-9H,4-5,7H2,1-3H3,(H2,13,14,15). The molecule has 1 atom stereocenters. The topological polar surface area (TPSA) is 64.3 Å². The Morgan fingerprint density at radius 2 is 2.24 bits per heavy atom. The zero-order chi connectivity index (χ0) is 12.4. The van der Waals surface area contributed by atoms with Crippen LogP contribution in [-0.4, -0.2) is 35.8 Å². The van der Waals surface area contributed by atoms with Gasteiger partial charge in [-0.1, -0.05) is 13.8 Å². The molecule has 17 heavy (non-hydrogen) atoms. The van der Waals surface area contributed by atoms with E-state index in [1.807, 2.05) is 6.07 Å². The first-order valence-electron chi connectivity index (χ1n) is 6.06. The Labute approximate surface area is 102 Å². The molecule has 2 N–H and O–H groups in total. The van der Waals surface area contributed by atoms with Gasteiger partial charge in [0.1, 0.15) is 17.5 Å². The van der Waals surface area contributed by atoms with E-state index >= 15 is 0 Å². The van der Waals surface area contributed by atoms with Gasteiger partial charge in [0, 0.05) is 18.5 Å². The van der Waals surface area contributed by atoms with Crippen LogP contribution in [0, 0.1) is 0 Å². The van der Waals surface area contributed by atoms with Crippen molar-refractivity contribution < 1.29 is 4.74 Å². The van der Waals surface area contributed by atoms with Crippen LogP contribution in [0.1, 0.15) is 32.5 Å². The predicted octanol–water partition coefficient (Wildman–Crippen LogP) is 1.41. The van der Waals surface area contributed by atoms with Crippen molar-refractivity contribution in [2.45, 2.75) is 32.7 Å². The molecular weight excluding hydrogens is 216 g/mol. The zero-order valence-electron chi connectivity index (χ0n) is 10.7. The van der Waals surface area contributed by atoms with Crippen molar-refractivity contribution in [3.8, 4) is 0 Å². The molecule has 0 bridgehead atoms. The molecule has 1 aromatic heterocycles. The highest BCUT2D eigenvalue weighted by molar-refractivity contribution is 5.48. The number of nitrogens with zero attached hydrogens (tertiary/aromatic N) is 3. The molecule has 0 aromatic carbocycles. The number of morpholine rings is 1. The molecular formula is C12H20N4O. The van der Waals surface area contributed by atoms with Crippen molar-refractivity contribution in [1.29, 1.82) is 0 Å². The molecule has 1 unspecified atom stereocenters. The highest BCUT2D eigenvalue weighted by Crippen LogP contribution is 2.21. The number of nitrogen functional groups attached to an aromatic ring is 1. The average molecular weight is 236 g/mol. The minimum atomic E-state index is 0.286. The fourth-order valence-corrected chi connectivity index (χ4v) is 1.94. The van der Waals surface area contributed by atoms with E-state index in [2.05, 4.69) is 35.6 Å². The summed E-state index contributed by atoms with van der Waals surface area (Å²) >= 11 is 0. The Kier molecular flexibility index (Phi) is 3.47. The van der Waals surface area contributed by atoms with E-state index in [4.69, 9.17) is 10.5 Å². The summed E-state index contributed by atoms with van der Waals surface area (Å²) in [5, 5.41) is 0. The van der Waals surface area contributed by atoms with Crippen LogP contribution < -0.4 is 10.6 Å². The first kappa shape index (κ1) is 12.1. The summed E-state index contributed by atoms with van der Waals surface area (Å²) in [6, 6.07) is 2.17. The van der Waals surface area contributed by atoms with Crippen molar-refractivity contribution in [1.82, 2.24) is 9.97 Å². The number of hydrogen-bond donors (Lipinski definition) is 1. The van der Waals surface area contributed by atoms with Crippen molar-refractivity contribution in [2.24, 2.45) is 0 Å². The third-order valence-electron chi connectivity index (χ3n) is 2.93. The van der Waals surface area contributed by atoms with Crippen LogP contribution in [0.2, 0.25) is 0 Å². The lowest BCUT2D eigenvalue weighted by atomic mass is 10.2. The third kappa shape index (κ3) is 2.66. The van der Waals surface area contributed by atoms with Crippen LogP contribution in [0.15, 0.2) is 6.07 Å². The second-order valence-corrected chi connectivity index (χ2v) is 4.78. The van der Waals surface area contributed by atoms with Crippen LogP contribution in [0.3, 0.4) is 0 Å². The van der Waals surface area contributed by atoms with Gasteiger partial charge in [0.25, 0.3) is 0 Å². The molecule has 1 fully saturated rings. The maximum Gasteiger partial charge on any atom is 0.135 e. The van der Waals surface area contributed by atoms with Gasteiger partial charge in [0.05, 0.1) is 19.3 Å². The molecule has 5 nitrogen and oxygen atoms in total. The molecule has 1 saturated heterocycles. The molecule has 0 amide bonds. The van der Waals surface area contributed by atoms with Crippen LogP contribution >= 0.6 is 0 Å². The molecule has 0 radical (unpaired) electrons. The Hall–Kier alpha value is -1.36. The van der Waals surface area contributed by atoms with Crippen LogP contribution in [-0.2, 0) is 4.74 Å². The van der Waals surface area contributed by atoms with Crippen LogP contribution in [0.4, 0.5) is 11.6 Å².